The summed E-state index contributed by atoms with van der Waals surface area (Å²) in [5, 5.41) is 7.47. The lowest BCUT2D eigenvalue weighted by molar-refractivity contribution is -0.121. The highest BCUT2D eigenvalue weighted by Gasteiger charge is 2.17. The van der Waals surface area contributed by atoms with Gasteiger partial charge in [0.05, 0.1) is 5.75 Å². The summed E-state index contributed by atoms with van der Waals surface area (Å²) in [4.78, 5) is 11.5. The normalized spacial score (nSPS) is 14.3. The number of carbonyl (C=O) groups is 1. The van der Waals surface area contributed by atoms with Crippen LogP contribution < -0.4 is 16.2 Å². The molecule has 1 atom stereocenters. The van der Waals surface area contributed by atoms with Crippen molar-refractivity contribution in [2.75, 3.05) is 12.3 Å². The predicted octanol–water partition coefficient (Wildman–Crippen LogP) is -0.0652. The maximum atomic E-state index is 11.5. The van der Waals surface area contributed by atoms with Crippen LogP contribution in [0.15, 0.2) is 0 Å². The molecule has 6 nitrogen and oxygen atoms in total. The van der Waals surface area contributed by atoms with Crippen LogP contribution in [0.5, 0.6) is 0 Å². The average molecular weight is 279 g/mol. The highest BCUT2D eigenvalue weighted by atomic mass is 32.2. The summed E-state index contributed by atoms with van der Waals surface area (Å²) >= 11 is 0. The van der Waals surface area contributed by atoms with Gasteiger partial charge < -0.3 is 11.1 Å². The zero-order valence-corrected chi connectivity index (χ0v) is 12.2. The molecule has 0 saturated heterocycles. The fourth-order valence-electron chi connectivity index (χ4n) is 1.67. The Balaban J connectivity index is 3.78. The molecule has 5 N–H and O–H groups in total. The molecule has 0 aliphatic rings. The maximum absolute atomic E-state index is 11.5. The Morgan fingerprint density at radius 2 is 1.89 bits per heavy atom. The Labute approximate surface area is 110 Å². The van der Waals surface area contributed by atoms with E-state index >= 15 is 0 Å². The molecule has 0 bridgehead atoms. The van der Waals surface area contributed by atoms with E-state index in [0.717, 1.165) is 6.42 Å². The summed E-state index contributed by atoms with van der Waals surface area (Å²) in [5.41, 5.74) is 5.95. The lowest BCUT2D eigenvalue weighted by Crippen LogP contribution is -2.35. The standard InChI is InChI=1S/C11H25N3O3S/c1-11(2,3)8-9(12)7-10(15)14-5-4-6-18(13,16)17/h9H,4-8,12H2,1-3H3,(H,14,15)(H2,13,16,17). The number of nitrogens with two attached hydrogens (primary N) is 2. The number of nitrogens with one attached hydrogen (secondary N) is 1. The maximum Gasteiger partial charge on any atom is 0.221 e. The van der Waals surface area contributed by atoms with Crippen LogP contribution in [0.2, 0.25) is 0 Å². The second kappa shape index (κ2) is 7.06. The first-order valence-corrected chi connectivity index (χ1v) is 7.74. The predicted molar refractivity (Wildman–Crippen MR) is 72.3 cm³/mol. The third-order valence-electron chi connectivity index (χ3n) is 2.25. The van der Waals surface area contributed by atoms with Crippen molar-refractivity contribution in [1.29, 1.82) is 0 Å². The molecule has 0 aliphatic carbocycles. The second-order valence-electron chi connectivity index (χ2n) is 5.80. The van der Waals surface area contributed by atoms with Crippen molar-refractivity contribution in [1.82, 2.24) is 5.32 Å². The molecule has 0 aliphatic heterocycles. The lowest BCUT2D eigenvalue weighted by atomic mass is 9.87. The Morgan fingerprint density at radius 3 is 2.33 bits per heavy atom. The monoisotopic (exact) mass is 279 g/mol. The fourth-order valence-corrected chi connectivity index (χ4v) is 2.22. The van der Waals surface area contributed by atoms with E-state index in [1.165, 1.54) is 0 Å². The van der Waals surface area contributed by atoms with E-state index in [0.29, 0.717) is 13.0 Å². The summed E-state index contributed by atoms with van der Waals surface area (Å²) in [5.74, 6) is -0.275. The molecule has 0 aromatic heterocycles. The molecule has 1 unspecified atom stereocenters. The number of sulfonamides is 1. The molecular formula is C11H25N3O3S. The van der Waals surface area contributed by atoms with Crippen molar-refractivity contribution in [2.24, 2.45) is 16.3 Å². The highest BCUT2D eigenvalue weighted by Crippen LogP contribution is 2.20. The molecule has 0 saturated carbocycles. The largest absolute Gasteiger partial charge is 0.356 e. The molecule has 0 rings (SSSR count). The van der Waals surface area contributed by atoms with E-state index in [1.54, 1.807) is 0 Å². The van der Waals surface area contributed by atoms with E-state index in [1.807, 2.05) is 0 Å². The molecule has 18 heavy (non-hydrogen) atoms. The van der Waals surface area contributed by atoms with Crippen LogP contribution in [0.1, 0.15) is 40.0 Å². The minimum Gasteiger partial charge on any atom is -0.356 e. The van der Waals surface area contributed by atoms with Crippen LogP contribution in [0.4, 0.5) is 0 Å². The molecule has 0 radical (unpaired) electrons. The highest BCUT2D eigenvalue weighted by molar-refractivity contribution is 7.89. The van der Waals surface area contributed by atoms with Gasteiger partial charge in [-0.1, -0.05) is 20.8 Å². The van der Waals surface area contributed by atoms with Crippen LogP contribution in [0, 0.1) is 5.41 Å². The van der Waals surface area contributed by atoms with Crippen LogP contribution >= 0.6 is 0 Å². The number of hydrogen-bond donors (Lipinski definition) is 3. The van der Waals surface area contributed by atoms with Gasteiger partial charge in [0, 0.05) is 19.0 Å². The molecule has 0 heterocycles. The number of primary sulfonamides is 1. The van der Waals surface area contributed by atoms with Gasteiger partial charge in [-0.05, 0) is 18.3 Å². The minimum absolute atomic E-state index is 0.0906. The van der Waals surface area contributed by atoms with Gasteiger partial charge in [0.25, 0.3) is 0 Å². The topological polar surface area (TPSA) is 115 Å². The Morgan fingerprint density at radius 1 is 1.33 bits per heavy atom. The quantitative estimate of drug-likeness (QED) is 0.566. The van der Waals surface area contributed by atoms with Crippen LogP contribution in [-0.4, -0.2) is 32.7 Å². The van der Waals surface area contributed by atoms with Gasteiger partial charge >= 0.3 is 0 Å². The third-order valence-corrected chi connectivity index (χ3v) is 3.11. The van der Waals surface area contributed by atoms with Gasteiger partial charge in [0.2, 0.25) is 15.9 Å². The smallest absolute Gasteiger partial charge is 0.221 e. The number of rotatable bonds is 7. The third kappa shape index (κ3) is 11.8. The van der Waals surface area contributed by atoms with Crippen molar-refractivity contribution in [2.45, 2.75) is 46.1 Å². The Hall–Kier alpha value is -0.660. The van der Waals surface area contributed by atoms with Crippen LogP contribution in [0.3, 0.4) is 0 Å². The summed E-state index contributed by atoms with van der Waals surface area (Å²) in [6.45, 7) is 6.50. The SMILES string of the molecule is CC(C)(C)CC(N)CC(=O)NCCCS(N)(=O)=O. The Bertz CT molecular complexity index is 360. The molecule has 0 spiro atoms. The second-order valence-corrected chi connectivity index (χ2v) is 7.53. The van der Waals surface area contributed by atoms with Crippen molar-refractivity contribution >= 4 is 15.9 Å². The van der Waals surface area contributed by atoms with E-state index in [9.17, 15) is 13.2 Å². The number of amides is 1. The number of hydrogen-bond acceptors (Lipinski definition) is 4. The summed E-state index contributed by atoms with van der Waals surface area (Å²) in [7, 11) is -3.45. The Kier molecular flexibility index (Phi) is 6.80. The molecule has 108 valence electrons. The van der Waals surface area contributed by atoms with E-state index in [4.69, 9.17) is 10.9 Å². The molecule has 7 heteroatoms. The minimum atomic E-state index is -3.45. The van der Waals surface area contributed by atoms with E-state index < -0.39 is 10.0 Å². The fraction of sp³-hybridized carbons (Fsp3) is 0.909. The average Bonchev–Trinajstić information content (AvgIpc) is 2.07. The van der Waals surface area contributed by atoms with Gasteiger partial charge in [0.1, 0.15) is 0 Å². The summed E-state index contributed by atoms with van der Waals surface area (Å²) < 4.78 is 21.3. The van der Waals surface area contributed by atoms with Gasteiger partial charge in [-0.25, -0.2) is 13.6 Å². The lowest BCUT2D eigenvalue weighted by Gasteiger charge is -2.22. The van der Waals surface area contributed by atoms with Crippen molar-refractivity contribution in [3.8, 4) is 0 Å². The zero-order valence-electron chi connectivity index (χ0n) is 11.4. The molecule has 0 aromatic carbocycles. The first kappa shape index (κ1) is 17.3. The van der Waals surface area contributed by atoms with Gasteiger partial charge in [-0.15, -0.1) is 0 Å². The molecule has 0 fully saturated rings. The van der Waals surface area contributed by atoms with E-state index in [2.05, 4.69) is 26.1 Å². The van der Waals surface area contributed by atoms with Gasteiger partial charge in [0.15, 0.2) is 0 Å². The van der Waals surface area contributed by atoms with Crippen molar-refractivity contribution in [3.63, 3.8) is 0 Å². The zero-order chi connectivity index (χ0) is 14.4. The van der Waals surface area contributed by atoms with Crippen molar-refractivity contribution < 1.29 is 13.2 Å². The first-order chi connectivity index (χ1) is 7.99. The molecular weight excluding hydrogens is 254 g/mol. The van der Waals surface area contributed by atoms with Crippen molar-refractivity contribution in [3.05, 3.63) is 0 Å². The summed E-state index contributed by atoms with van der Waals surface area (Å²) in [6.07, 6.45) is 1.34. The van der Waals surface area contributed by atoms with Crippen LogP contribution in [0.25, 0.3) is 0 Å². The van der Waals surface area contributed by atoms with E-state index in [-0.39, 0.29) is 29.5 Å². The van der Waals surface area contributed by atoms with Crippen LogP contribution in [-0.2, 0) is 14.8 Å². The van der Waals surface area contributed by atoms with Gasteiger partial charge in [-0.2, -0.15) is 0 Å². The summed E-state index contributed by atoms with van der Waals surface area (Å²) in [6, 6.07) is -0.178. The first-order valence-electron chi connectivity index (χ1n) is 6.02. The number of carbonyl (C=O) groups excluding carboxylic acids is 1. The van der Waals surface area contributed by atoms with Gasteiger partial charge in [-0.3, -0.25) is 4.79 Å². The molecule has 0 aromatic rings. The molecule has 1 amide bonds.